The molecule has 0 aliphatic carbocycles. The summed E-state index contributed by atoms with van der Waals surface area (Å²) in [6, 6.07) is 12.7. The van der Waals surface area contributed by atoms with Gasteiger partial charge in [-0.25, -0.2) is 0 Å². The number of hydrogen-bond donors (Lipinski definition) is 0. The van der Waals surface area contributed by atoms with Crippen LogP contribution in [-0.4, -0.2) is 21.6 Å². The van der Waals surface area contributed by atoms with E-state index in [2.05, 4.69) is 6.92 Å². The molecule has 0 N–H and O–H groups in total. The van der Waals surface area contributed by atoms with E-state index in [4.69, 9.17) is 8.92 Å². The fourth-order valence-electron chi connectivity index (χ4n) is 3.20. The topological polar surface area (TPSA) is 52.6 Å². The first kappa shape index (κ1) is 21.5. The Kier molecular flexibility index (Phi) is 7.45. The Hall–Kier alpha value is -1.85. The Morgan fingerprint density at radius 3 is 2.26 bits per heavy atom. The lowest BCUT2D eigenvalue weighted by Crippen LogP contribution is -2.25. The van der Waals surface area contributed by atoms with Crippen molar-refractivity contribution in [1.82, 2.24) is 0 Å². The fourth-order valence-corrected chi connectivity index (χ4v) is 4.37. The normalized spacial score (nSPS) is 14.0. The van der Waals surface area contributed by atoms with Crippen molar-refractivity contribution in [3.63, 3.8) is 0 Å². The van der Waals surface area contributed by atoms with Crippen molar-refractivity contribution in [3.05, 3.63) is 59.2 Å². The monoisotopic (exact) mass is 390 g/mol. The van der Waals surface area contributed by atoms with Gasteiger partial charge in [0.15, 0.2) is 0 Å². The number of rotatable bonds is 9. The van der Waals surface area contributed by atoms with Gasteiger partial charge in [-0.3, -0.25) is 4.18 Å². The number of benzene rings is 2. The van der Waals surface area contributed by atoms with Crippen LogP contribution in [0.4, 0.5) is 0 Å². The van der Waals surface area contributed by atoms with Crippen LogP contribution in [0, 0.1) is 13.8 Å². The zero-order chi connectivity index (χ0) is 20.0. The van der Waals surface area contributed by atoms with E-state index >= 15 is 0 Å². The molecule has 2 rings (SSSR count). The minimum absolute atomic E-state index is 0.0531. The van der Waals surface area contributed by atoms with E-state index < -0.39 is 16.2 Å². The van der Waals surface area contributed by atoms with Crippen molar-refractivity contribution in [1.29, 1.82) is 0 Å². The van der Waals surface area contributed by atoms with E-state index in [9.17, 15) is 8.42 Å². The summed E-state index contributed by atoms with van der Waals surface area (Å²) < 4.78 is 36.6. The highest BCUT2D eigenvalue weighted by Crippen LogP contribution is 2.32. The lowest BCUT2D eigenvalue weighted by Gasteiger charge is -2.25. The fraction of sp³-hybridized carbons (Fsp3) is 0.455. The molecule has 0 spiro atoms. The van der Waals surface area contributed by atoms with Crippen LogP contribution in [0.2, 0.25) is 0 Å². The minimum atomic E-state index is -3.81. The molecule has 0 saturated carbocycles. The van der Waals surface area contributed by atoms with Crippen LogP contribution in [0.5, 0.6) is 5.75 Å². The maximum atomic E-state index is 12.8. The number of aryl methyl sites for hydroxylation is 2. The summed E-state index contributed by atoms with van der Waals surface area (Å²) in [6.07, 6.45) is 2.17. The number of unbranched alkanes of at least 4 members (excludes halogenated alkanes) is 1. The predicted octanol–water partition coefficient (Wildman–Crippen LogP) is 5.38. The molecule has 0 radical (unpaired) electrons. The van der Waals surface area contributed by atoms with E-state index in [1.165, 1.54) is 0 Å². The quantitative estimate of drug-likeness (QED) is 0.539. The summed E-state index contributed by atoms with van der Waals surface area (Å²) in [5, 5.41) is 0. The molecule has 0 aliphatic heterocycles. The van der Waals surface area contributed by atoms with Crippen molar-refractivity contribution in [2.24, 2.45) is 0 Å². The molecule has 4 nitrogen and oxygen atoms in total. The Morgan fingerprint density at radius 1 is 1.04 bits per heavy atom. The molecular weight excluding hydrogens is 360 g/mol. The van der Waals surface area contributed by atoms with Gasteiger partial charge in [-0.1, -0.05) is 50.5 Å². The predicted molar refractivity (Wildman–Crippen MR) is 109 cm³/mol. The molecule has 0 bridgehead atoms. The molecule has 0 heterocycles. The van der Waals surface area contributed by atoms with Gasteiger partial charge in [-0.2, -0.15) is 8.42 Å². The largest absolute Gasteiger partial charge is 0.497 e. The van der Waals surface area contributed by atoms with Crippen LogP contribution in [0.25, 0.3) is 0 Å². The standard InChI is InChI=1S/C22H30O4S/c1-6-7-8-22(18(4)21-14-11-19(25-5)15-17(21)3)26-27(23,24)20-12-9-16(2)10-13-20/h9-15,18,22H,6-8H2,1-5H3/t18-,22-/m1/s1. The first-order valence-electron chi connectivity index (χ1n) is 9.43. The van der Waals surface area contributed by atoms with E-state index in [0.29, 0.717) is 6.42 Å². The molecule has 0 unspecified atom stereocenters. The summed E-state index contributed by atoms with van der Waals surface area (Å²) in [5.41, 5.74) is 3.16. The maximum absolute atomic E-state index is 12.8. The summed E-state index contributed by atoms with van der Waals surface area (Å²) in [4.78, 5) is 0.202. The third-order valence-electron chi connectivity index (χ3n) is 4.93. The molecule has 0 aliphatic rings. The van der Waals surface area contributed by atoms with Gasteiger partial charge in [0.25, 0.3) is 10.1 Å². The zero-order valence-corrected chi connectivity index (χ0v) is 17.7. The van der Waals surface area contributed by atoms with E-state index in [-0.39, 0.29) is 10.8 Å². The Bertz CT molecular complexity index is 841. The molecule has 0 amide bonds. The van der Waals surface area contributed by atoms with Crippen LogP contribution < -0.4 is 4.74 Å². The summed E-state index contributed by atoms with van der Waals surface area (Å²) in [7, 11) is -2.17. The lowest BCUT2D eigenvalue weighted by atomic mass is 9.89. The Morgan fingerprint density at radius 2 is 1.70 bits per heavy atom. The van der Waals surface area contributed by atoms with E-state index in [1.807, 2.05) is 39.0 Å². The second-order valence-electron chi connectivity index (χ2n) is 7.06. The molecule has 0 saturated heterocycles. The van der Waals surface area contributed by atoms with Gasteiger partial charge in [-0.05, 0) is 55.7 Å². The van der Waals surface area contributed by atoms with Crippen LogP contribution in [0.15, 0.2) is 47.4 Å². The van der Waals surface area contributed by atoms with Crippen LogP contribution in [0.3, 0.4) is 0 Å². The van der Waals surface area contributed by atoms with Crippen molar-refractivity contribution < 1.29 is 17.3 Å². The molecule has 0 fully saturated rings. The second-order valence-corrected chi connectivity index (χ2v) is 8.63. The van der Waals surface area contributed by atoms with Gasteiger partial charge in [0, 0.05) is 5.92 Å². The van der Waals surface area contributed by atoms with Crippen molar-refractivity contribution in [2.75, 3.05) is 7.11 Å². The molecule has 2 atom stereocenters. The molecule has 2 aromatic rings. The summed E-state index contributed by atoms with van der Waals surface area (Å²) in [6.45, 7) is 8.06. The van der Waals surface area contributed by atoms with Crippen LogP contribution in [0.1, 0.15) is 55.7 Å². The average molecular weight is 391 g/mol. The molecule has 27 heavy (non-hydrogen) atoms. The first-order valence-corrected chi connectivity index (χ1v) is 10.8. The van der Waals surface area contributed by atoms with Gasteiger partial charge in [0.2, 0.25) is 0 Å². The smallest absolute Gasteiger partial charge is 0.297 e. The third-order valence-corrected chi connectivity index (χ3v) is 6.28. The number of ether oxygens (including phenoxy) is 1. The number of hydrogen-bond acceptors (Lipinski definition) is 4. The molecule has 0 aromatic heterocycles. The minimum Gasteiger partial charge on any atom is -0.497 e. The summed E-state index contributed by atoms with van der Waals surface area (Å²) in [5.74, 6) is 0.740. The zero-order valence-electron chi connectivity index (χ0n) is 16.9. The van der Waals surface area contributed by atoms with Gasteiger partial charge < -0.3 is 4.74 Å². The highest BCUT2D eigenvalue weighted by molar-refractivity contribution is 7.86. The highest BCUT2D eigenvalue weighted by Gasteiger charge is 2.27. The van der Waals surface area contributed by atoms with Gasteiger partial charge >= 0.3 is 0 Å². The van der Waals surface area contributed by atoms with Crippen molar-refractivity contribution in [3.8, 4) is 5.75 Å². The third kappa shape index (κ3) is 5.56. The Labute approximate surface area is 163 Å². The van der Waals surface area contributed by atoms with E-state index in [0.717, 1.165) is 35.3 Å². The first-order chi connectivity index (χ1) is 12.8. The van der Waals surface area contributed by atoms with Gasteiger partial charge in [0.05, 0.1) is 18.1 Å². The van der Waals surface area contributed by atoms with Gasteiger partial charge in [-0.15, -0.1) is 0 Å². The van der Waals surface area contributed by atoms with Crippen molar-refractivity contribution in [2.45, 2.75) is 63.9 Å². The van der Waals surface area contributed by atoms with Crippen LogP contribution >= 0.6 is 0 Å². The van der Waals surface area contributed by atoms with Gasteiger partial charge in [0.1, 0.15) is 5.75 Å². The molecular formula is C22H30O4S. The highest BCUT2D eigenvalue weighted by atomic mass is 32.2. The van der Waals surface area contributed by atoms with Crippen molar-refractivity contribution >= 4 is 10.1 Å². The van der Waals surface area contributed by atoms with Crippen LogP contribution in [-0.2, 0) is 14.3 Å². The maximum Gasteiger partial charge on any atom is 0.297 e. The second kappa shape index (κ2) is 9.38. The van der Waals surface area contributed by atoms with E-state index in [1.54, 1.807) is 31.4 Å². The molecule has 5 heteroatoms. The average Bonchev–Trinajstić information content (AvgIpc) is 2.64. The summed E-state index contributed by atoms with van der Waals surface area (Å²) >= 11 is 0. The number of methoxy groups -OCH3 is 1. The molecule has 148 valence electrons. The Balaban J connectivity index is 2.29. The molecule has 2 aromatic carbocycles. The SMILES string of the molecule is CCCC[C@@H](OS(=O)(=O)c1ccc(C)cc1)[C@H](C)c1ccc(OC)cc1C. The lowest BCUT2D eigenvalue weighted by molar-refractivity contribution is 0.170.